The van der Waals surface area contributed by atoms with Crippen LogP contribution in [0.4, 0.5) is 0 Å². The molecule has 1 heterocycles. The highest BCUT2D eigenvalue weighted by Crippen LogP contribution is 2.38. The van der Waals surface area contributed by atoms with Gasteiger partial charge < -0.3 is 15.0 Å². The monoisotopic (exact) mass is 296 g/mol. The predicted octanol–water partition coefficient (Wildman–Crippen LogP) is 3.29. The quantitative estimate of drug-likeness (QED) is 0.814. The van der Waals surface area contributed by atoms with Crippen LogP contribution < -0.4 is 5.32 Å². The van der Waals surface area contributed by atoms with Crippen LogP contribution in [-0.4, -0.2) is 50.8 Å². The van der Waals surface area contributed by atoms with Crippen LogP contribution >= 0.6 is 0 Å². The summed E-state index contributed by atoms with van der Waals surface area (Å²) < 4.78 is 5.84. The third-order valence-corrected chi connectivity index (χ3v) is 5.67. The Kier molecular flexibility index (Phi) is 6.10. The van der Waals surface area contributed by atoms with Crippen LogP contribution in [0.2, 0.25) is 0 Å². The number of hydrogen-bond donors (Lipinski definition) is 1. The largest absolute Gasteiger partial charge is 0.381 e. The Labute approximate surface area is 131 Å². The van der Waals surface area contributed by atoms with Crippen LogP contribution in [0.1, 0.15) is 59.3 Å². The molecule has 21 heavy (non-hydrogen) atoms. The highest BCUT2D eigenvalue weighted by Gasteiger charge is 2.36. The van der Waals surface area contributed by atoms with Gasteiger partial charge in [0, 0.05) is 31.2 Å². The average molecular weight is 296 g/mol. The van der Waals surface area contributed by atoms with Crippen molar-refractivity contribution in [2.45, 2.75) is 65.3 Å². The van der Waals surface area contributed by atoms with E-state index in [2.05, 4.69) is 38.0 Å². The van der Waals surface area contributed by atoms with E-state index in [9.17, 15) is 0 Å². The number of ether oxygens (including phenoxy) is 1. The summed E-state index contributed by atoms with van der Waals surface area (Å²) in [5, 5.41) is 3.57. The van der Waals surface area contributed by atoms with Gasteiger partial charge in [0.1, 0.15) is 0 Å². The summed E-state index contributed by atoms with van der Waals surface area (Å²) in [6, 6.07) is 0.776. The molecule has 1 saturated carbocycles. The number of rotatable bonds is 6. The minimum absolute atomic E-state index is 0.329. The molecule has 1 N–H and O–H groups in total. The van der Waals surface area contributed by atoms with Gasteiger partial charge in [-0.25, -0.2) is 0 Å². The Morgan fingerprint density at radius 1 is 1.19 bits per heavy atom. The maximum atomic E-state index is 5.84. The van der Waals surface area contributed by atoms with Crippen molar-refractivity contribution in [3.63, 3.8) is 0 Å². The summed E-state index contributed by atoms with van der Waals surface area (Å²) in [5.41, 5.74) is 0.892. The molecule has 0 aromatic rings. The van der Waals surface area contributed by atoms with Crippen molar-refractivity contribution in [3.05, 3.63) is 0 Å². The molecule has 2 rings (SSSR count). The van der Waals surface area contributed by atoms with Gasteiger partial charge in [0.2, 0.25) is 0 Å². The van der Waals surface area contributed by atoms with Crippen molar-refractivity contribution in [2.75, 3.05) is 39.9 Å². The normalized spacial score (nSPS) is 30.7. The first-order valence-electron chi connectivity index (χ1n) is 8.95. The summed E-state index contributed by atoms with van der Waals surface area (Å²) in [6.07, 6.45) is 8.00. The van der Waals surface area contributed by atoms with Gasteiger partial charge in [-0.2, -0.15) is 0 Å². The van der Waals surface area contributed by atoms with E-state index in [4.69, 9.17) is 4.74 Å². The second kappa shape index (κ2) is 7.43. The second-order valence-corrected chi connectivity index (χ2v) is 8.25. The Bertz CT molecular complexity index is 300. The molecular weight excluding hydrogens is 260 g/mol. The van der Waals surface area contributed by atoms with E-state index in [1.165, 1.54) is 45.1 Å². The Hall–Kier alpha value is -0.120. The third-order valence-electron chi connectivity index (χ3n) is 5.67. The zero-order valence-corrected chi connectivity index (χ0v) is 14.7. The van der Waals surface area contributed by atoms with E-state index in [1.54, 1.807) is 0 Å². The van der Waals surface area contributed by atoms with Crippen LogP contribution in [0.15, 0.2) is 0 Å². The summed E-state index contributed by atoms with van der Waals surface area (Å²) in [6.45, 7) is 12.3. The zero-order chi connectivity index (χ0) is 15.3. The first-order valence-corrected chi connectivity index (χ1v) is 8.95. The van der Waals surface area contributed by atoms with Gasteiger partial charge in [-0.3, -0.25) is 0 Å². The molecule has 1 unspecified atom stereocenters. The Balaban J connectivity index is 1.90. The first-order chi connectivity index (χ1) is 9.96. The number of nitrogens with one attached hydrogen (secondary N) is 1. The van der Waals surface area contributed by atoms with Crippen molar-refractivity contribution in [3.8, 4) is 0 Å². The Morgan fingerprint density at radius 2 is 1.90 bits per heavy atom. The SMILES string of the molecule is CCNCC1(CN(C)C2CCC(C)(C)CC2)CCCOC1. The molecule has 124 valence electrons. The molecule has 0 aromatic heterocycles. The molecular formula is C18H36N2O. The molecule has 0 spiro atoms. The highest BCUT2D eigenvalue weighted by molar-refractivity contribution is 4.90. The molecule has 2 fully saturated rings. The van der Waals surface area contributed by atoms with Crippen LogP contribution in [0.25, 0.3) is 0 Å². The van der Waals surface area contributed by atoms with E-state index in [1.807, 2.05) is 0 Å². The standard InChI is InChI=1S/C18H36N2O/c1-5-19-13-18(9-6-12-21-15-18)14-20(4)16-7-10-17(2,3)11-8-16/h16,19H,5-15H2,1-4H3. The Morgan fingerprint density at radius 3 is 2.48 bits per heavy atom. The molecule has 1 aliphatic heterocycles. The first kappa shape index (κ1) is 17.2. The molecule has 3 nitrogen and oxygen atoms in total. The minimum Gasteiger partial charge on any atom is -0.381 e. The van der Waals surface area contributed by atoms with E-state index in [0.29, 0.717) is 10.8 Å². The van der Waals surface area contributed by atoms with Crippen molar-refractivity contribution in [2.24, 2.45) is 10.8 Å². The van der Waals surface area contributed by atoms with Gasteiger partial charge in [-0.05, 0) is 57.5 Å². The molecule has 2 aliphatic rings. The minimum atomic E-state index is 0.329. The second-order valence-electron chi connectivity index (χ2n) is 8.25. The maximum absolute atomic E-state index is 5.84. The molecule has 1 aliphatic carbocycles. The lowest BCUT2D eigenvalue weighted by Crippen LogP contribution is -2.51. The summed E-state index contributed by atoms with van der Waals surface area (Å²) in [4.78, 5) is 2.64. The fourth-order valence-corrected chi connectivity index (χ4v) is 4.10. The van der Waals surface area contributed by atoms with Crippen LogP contribution in [-0.2, 0) is 4.74 Å². The predicted molar refractivity (Wildman–Crippen MR) is 89.7 cm³/mol. The lowest BCUT2D eigenvalue weighted by molar-refractivity contribution is -0.0325. The van der Waals surface area contributed by atoms with Gasteiger partial charge in [-0.1, -0.05) is 20.8 Å². The van der Waals surface area contributed by atoms with E-state index < -0.39 is 0 Å². The maximum Gasteiger partial charge on any atom is 0.0546 e. The number of hydrogen-bond acceptors (Lipinski definition) is 3. The van der Waals surface area contributed by atoms with Crippen LogP contribution in [0, 0.1) is 10.8 Å². The molecule has 3 heteroatoms. The molecule has 0 aromatic carbocycles. The van der Waals surface area contributed by atoms with Crippen molar-refractivity contribution in [1.29, 1.82) is 0 Å². The third kappa shape index (κ3) is 4.94. The molecule has 1 atom stereocenters. The lowest BCUT2D eigenvalue weighted by Gasteiger charge is -2.44. The van der Waals surface area contributed by atoms with Gasteiger partial charge >= 0.3 is 0 Å². The molecule has 0 radical (unpaired) electrons. The fraction of sp³-hybridized carbons (Fsp3) is 1.00. The van der Waals surface area contributed by atoms with Gasteiger partial charge in [0.25, 0.3) is 0 Å². The molecule has 0 bridgehead atoms. The highest BCUT2D eigenvalue weighted by atomic mass is 16.5. The lowest BCUT2D eigenvalue weighted by atomic mass is 9.74. The van der Waals surface area contributed by atoms with Crippen molar-refractivity contribution < 1.29 is 4.74 Å². The van der Waals surface area contributed by atoms with Crippen molar-refractivity contribution >= 4 is 0 Å². The summed E-state index contributed by atoms with van der Waals surface area (Å²) >= 11 is 0. The van der Waals surface area contributed by atoms with E-state index in [-0.39, 0.29) is 0 Å². The number of nitrogens with zero attached hydrogens (tertiary/aromatic N) is 1. The van der Waals surface area contributed by atoms with E-state index >= 15 is 0 Å². The fourth-order valence-electron chi connectivity index (χ4n) is 4.10. The van der Waals surface area contributed by atoms with Gasteiger partial charge in [0.05, 0.1) is 6.61 Å². The van der Waals surface area contributed by atoms with Gasteiger partial charge in [-0.15, -0.1) is 0 Å². The van der Waals surface area contributed by atoms with Gasteiger partial charge in [0.15, 0.2) is 0 Å². The molecule has 1 saturated heterocycles. The summed E-state index contributed by atoms with van der Waals surface area (Å²) in [5.74, 6) is 0. The smallest absolute Gasteiger partial charge is 0.0546 e. The van der Waals surface area contributed by atoms with Crippen LogP contribution in [0.3, 0.4) is 0 Å². The van der Waals surface area contributed by atoms with Crippen LogP contribution in [0.5, 0.6) is 0 Å². The summed E-state index contributed by atoms with van der Waals surface area (Å²) in [7, 11) is 2.34. The van der Waals surface area contributed by atoms with Crippen molar-refractivity contribution in [1.82, 2.24) is 10.2 Å². The zero-order valence-electron chi connectivity index (χ0n) is 14.7. The molecule has 0 amide bonds. The van der Waals surface area contributed by atoms with E-state index in [0.717, 1.165) is 32.3 Å². The average Bonchev–Trinajstić information content (AvgIpc) is 2.46. The topological polar surface area (TPSA) is 24.5 Å².